The summed E-state index contributed by atoms with van der Waals surface area (Å²) in [6.45, 7) is 9.08. The summed E-state index contributed by atoms with van der Waals surface area (Å²) < 4.78 is 0. The van der Waals surface area contributed by atoms with Crippen molar-refractivity contribution in [1.82, 2.24) is 9.97 Å². The van der Waals surface area contributed by atoms with E-state index in [4.69, 9.17) is 9.68 Å². The van der Waals surface area contributed by atoms with Gasteiger partial charge in [0, 0.05) is 16.8 Å². The first kappa shape index (κ1) is 19.6. The van der Waals surface area contributed by atoms with Crippen molar-refractivity contribution in [2.75, 3.05) is 13.2 Å². The van der Waals surface area contributed by atoms with Gasteiger partial charge < -0.3 is 9.68 Å². The normalized spacial score (nSPS) is 18.2. The van der Waals surface area contributed by atoms with Crippen LogP contribution in [0.1, 0.15) is 60.6 Å². The van der Waals surface area contributed by atoms with E-state index in [1.165, 1.54) is 11.1 Å². The van der Waals surface area contributed by atoms with Crippen LogP contribution in [0.25, 0.3) is 0 Å². The molecule has 0 atom stereocenters. The number of aryl methyl sites for hydroxylation is 4. The summed E-state index contributed by atoms with van der Waals surface area (Å²) in [5, 5.41) is 8.74. The molecule has 0 saturated carbocycles. The molecule has 29 heavy (non-hydrogen) atoms. The molecular formula is C23H28N4O2. The molecule has 4 rings (SSSR count). The smallest absolute Gasteiger partial charge is 0.125 e. The first-order valence-corrected chi connectivity index (χ1v) is 10.2. The molecule has 6 heteroatoms. The molecule has 2 heterocycles. The highest BCUT2D eigenvalue weighted by Crippen LogP contribution is 2.24. The van der Waals surface area contributed by atoms with E-state index in [9.17, 15) is 0 Å². The molecule has 0 aromatic carbocycles. The Bertz CT molecular complexity index is 901. The van der Waals surface area contributed by atoms with Crippen LogP contribution in [0.5, 0.6) is 0 Å². The Kier molecular flexibility index (Phi) is 5.35. The van der Waals surface area contributed by atoms with E-state index in [0.29, 0.717) is 13.2 Å². The number of pyridine rings is 2. The summed E-state index contributed by atoms with van der Waals surface area (Å²) in [6.07, 6.45) is 3.71. The number of nitrogens with zero attached hydrogens (tertiary/aromatic N) is 4. The fraction of sp³-hybridized carbons (Fsp3) is 0.478. The SMILES string of the molecule is Cc1ccc2c(n1)/C(=N/OCC(C)(C)CO/N=C1\CCc3ccc(C)nc31)CC2. The number of fused-ring (bicyclic) bond motifs is 2. The molecule has 2 aromatic heterocycles. The van der Waals surface area contributed by atoms with Crippen LogP contribution in [0.4, 0.5) is 0 Å². The predicted octanol–water partition coefficient (Wildman–Crippen LogP) is 4.15. The minimum Gasteiger partial charge on any atom is -0.395 e. The molecule has 152 valence electrons. The van der Waals surface area contributed by atoms with E-state index in [-0.39, 0.29) is 5.41 Å². The van der Waals surface area contributed by atoms with Crippen LogP contribution in [0, 0.1) is 19.3 Å². The summed E-state index contributed by atoms with van der Waals surface area (Å²) in [5.74, 6) is 0. The van der Waals surface area contributed by atoms with Gasteiger partial charge in [-0.25, -0.2) is 0 Å². The van der Waals surface area contributed by atoms with Gasteiger partial charge in [-0.3, -0.25) is 9.97 Å². The summed E-state index contributed by atoms with van der Waals surface area (Å²) in [6, 6.07) is 8.36. The fourth-order valence-electron chi connectivity index (χ4n) is 3.61. The Morgan fingerprint density at radius 2 is 1.21 bits per heavy atom. The molecule has 6 nitrogen and oxygen atoms in total. The van der Waals surface area contributed by atoms with Gasteiger partial charge in [0.25, 0.3) is 0 Å². The maximum Gasteiger partial charge on any atom is 0.125 e. The van der Waals surface area contributed by atoms with Crippen molar-refractivity contribution in [3.8, 4) is 0 Å². The van der Waals surface area contributed by atoms with Crippen molar-refractivity contribution in [3.05, 3.63) is 58.2 Å². The molecule has 0 unspecified atom stereocenters. The van der Waals surface area contributed by atoms with Crippen LogP contribution < -0.4 is 0 Å². The highest BCUT2D eigenvalue weighted by atomic mass is 16.6. The van der Waals surface area contributed by atoms with E-state index < -0.39 is 0 Å². The van der Waals surface area contributed by atoms with Crippen molar-refractivity contribution in [1.29, 1.82) is 0 Å². The van der Waals surface area contributed by atoms with Crippen LogP contribution in [0.2, 0.25) is 0 Å². The van der Waals surface area contributed by atoms with Crippen molar-refractivity contribution in [2.24, 2.45) is 15.7 Å². The standard InChI is InChI=1S/C23H28N4O2/c1-15-5-7-17-9-11-19(21(17)24-15)26-28-13-23(3,4)14-29-27-20-12-10-18-8-6-16(2)25-22(18)20/h5-8H,9-14H2,1-4H3/b26-19+,27-20+. The number of oxime groups is 2. The molecule has 2 aliphatic carbocycles. The van der Waals surface area contributed by atoms with Gasteiger partial charge in [0.2, 0.25) is 0 Å². The molecule has 0 fully saturated rings. The second-order valence-electron chi connectivity index (χ2n) is 8.71. The first-order chi connectivity index (χ1) is 13.9. The van der Waals surface area contributed by atoms with E-state index in [2.05, 4.69) is 46.3 Å². The van der Waals surface area contributed by atoms with Gasteiger partial charge in [-0.05, 0) is 62.8 Å². The number of rotatable bonds is 6. The van der Waals surface area contributed by atoms with Gasteiger partial charge in [0.15, 0.2) is 0 Å². The van der Waals surface area contributed by atoms with Crippen LogP contribution in [0.3, 0.4) is 0 Å². The zero-order valence-corrected chi connectivity index (χ0v) is 17.7. The number of hydrogen-bond acceptors (Lipinski definition) is 6. The molecule has 0 bridgehead atoms. The summed E-state index contributed by atoms with van der Waals surface area (Å²) in [4.78, 5) is 20.6. The van der Waals surface area contributed by atoms with E-state index in [1.807, 2.05) is 26.0 Å². The molecule has 0 radical (unpaired) electrons. The summed E-state index contributed by atoms with van der Waals surface area (Å²) >= 11 is 0. The second kappa shape index (κ2) is 7.93. The Hall–Kier alpha value is -2.76. The highest BCUT2D eigenvalue weighted by Gasteiger charge is 2.24. The van der Waals surface area contributed by atoms with Gasteiger partial charge in [0.05, 0.1) is 11.4 Å². The molecule has 0 aliphatic heterocycles. The monoisotopic (exact) mass is 392 g/mol. The fourth-order valence-corrected chi connectivity index (χ4v) is 3.61. The third-order valence-electron chi connectivity index (χ3n) is 5.31. The zero-order valence-electron chi connectivity index (χ0n) is 17.7. The van der Waals surface area contributed by atoms with Gasteiger partial charge in [-0.15, -0.1) is 0 Å². The van der Waals surface area contributed by atoms with Crippen LogP contribution >= 0.6 is 0 Å². The number of aromatic nitrogens is 2. The second-order valence-corrected chi connectivity index (χ2v) is 8.71. The van der Waals surface area contributed by atoms with Gasteiger partial charge in [-0.2, -0.15) is 0 Å². The zero-order chi connectivity index (χ0) is 20.4. The van der Waals surface area contributed by atoms with Gasteiger partial charge in [0.1, 0.15) is 24.6 Å². The molecular weight excluding hydrogens is 364 g/mol. The average Bonchev–Trinajstić information content (AvgIpc) is 3.25. The van der Waals surface area contributed by atoms with Crippen molar-refractivity contribution >= 4 is 11.4 Å². The largest absolute Gasteiger partial charge is 0.395 e. The van der Waals surface area contributed by atoms with Crippen LogP contribution in [-0.4, -0.2) is 34.6 Å². The Balaban J connectivity index is 1.32. The third-order valence-corrected chi connectivity index (χ3v) is 5.31. The lowest BCUT2D eigenvalue weighted by Crippen LogP contribution is -2.24. The van der Waals surface area contributed by atoms with Crippen molar-refractivity contribution in [2.45, 2.75) is 53.4 Å². The van der Waals surface area contributed by atoms with Crippen molar-refractivity contribution in [3.63, 3.8) is 0 Å². The maximum atomic E-state index is 5.68. The lowest BCUT2D eigenvalue weighted by Gasteiger charge is -2.21. The van der Waals surface area contributed by atoms with Gasteiger partial charge >= 0.3 is 0 Å². The summed E-state index contributed by atoms with van der Waals surface area (Å²) in [5.41, 5.74) is 8.12. The molecule has 2 aliphatic rings. The Morgan fingerprint density at radius 3 is 1.66 bits per heavy atom. The molecule has 0 spiro atoms. The van der Waals surface area contributed by atoms with Crippen LogP contribution in [0.15, 0.2) is 34.6 Å². The topological polar surface area (TPSA) is 69.0 Å². The Labute approximate surface area is 172 Å². The van der Waals surface area contributed by atoms with Crippen LogP contribution in [-0.2, 0) is 22.5 Å². The molecule has 0 saturated heterocycles. The minimum atomic E-state index is -0.211. The predicted molar refractivity (Wildman–Crippen MR) is 113 cm³/mol. The maximum absolute atomic E-state index is 5.68. The lowest BCUT2D eigenvalue weighted by molar-refractivity contribution is -0.000145. The van der Waals surface area contributed by atoms with E-state index in [1.54, 1.807) is 0 Å². The summed E-state index contributed by atoms with van der Waals surface area (Å²) in [7, 11) is 0. The Morgan fingerprint density at radius 1 is 0.759 bits per heavy atom. The average molecular weight is 393 g/mol. The minimum absolute atomic E-state index is 0.211. The molecule has 2 aromatic rings. The number of hydrogen-bond donors (Lipinski definition) is 0. The third kappa shape index (κ3) is 4.47. The molecule has 0 amide bonds. The quantitative estimate of drug-likeness (QED) is 0.693. The lowest BCUT2D eigenvalue weighted by atomic mass is 9.97. The van der Waals surface area contributed by atoms with Crippen molar-refractivity contribution < 1.29 is 9.68 Å². The molecule has 0 N–H and O–H groups in total. The van der Waals surface area contributed by atoms with Gasteiger partial charge in [-0.1, -0.05) is 36.3 Å². The first-order valence-electron chi connectivity index (χ1n) is 10.2. The van der Waals surface area contributed by atoms with E-state index in [0.717, 1.165) is 59.9 Å². The van der Waals surface area contributed by atoms with E-state index >= 15 is 0 Å². The highest BCUT2D eigenvalue weighted by molar-refractivity contribution is 6.03.